The van der Waals surface area contributed by atoms with Gasteiger partial charge in [0.25, 0.3) is 0 Å². The van der Waals surface area contributed by atoms with E-state index in [0.29, 0.717) is 23.9 Å². The van der Waals surface area contributed by atoms with Crippen molar-refractivity contribution in [3.8, 4) is 10.8 Å². The molecule has 0 radical (unpaired) electrons. The number of rotatable bonds is 6. The van der Waals surface area contributed by atoms with Gasteiger partial charge in [-0.05, 0) is 54.8 Å². The van der Waals surface area contributed by atoms with Crippen LogP contribution in [0.25, 0.3) is 10.8 Å². The van der Waals surface area contributed by atoms with Crippen LogP contribution in [-0.2, 0) is 17.8 Å². The molecule has 3 aromatic heterocycles. The fourth-order valence-corrected chi connectivity index (χ4v) is 3.85. The number of benzene rings is 1. The molecule has 0 spiro atoms. The van der Waals surface area contributed by atoms with Gasteiger partial charge in [0.05, 0.1) is 29.2 Å². The van der Waals surface area contributed by atoms with Gasteiger partial charge in [0.2, 0.25) is 11.8 Å². The van der Waals surface area contributed by atoms with Crippen molar-refractivity contribution in [3.05, 3.63) is 87.8 Å². The Balaban J connectivity index is 1.60. The first-order valence-electron chi connectivity index (χ1n) is 9.06. The van der Waals surface area contributed by atoms with Crippen LogP contribution < -0.4 is 4.90 Å². The molecule has 0 bridgehead atoms. The van der Waals surface area contributed by atoms with Crippen LogP contribution in [0.4, 0.5) is 5.69 Å². The van der Waals surface area contributed by atoms with Crippen LogP contribution in [0.2, 0.25) is 0 Å². The van der Waals surface area contributed by atoms with Crippen LogP contribution in [0.5, 0.6) is 0 Å². The molecular weight excluding hydrogens is 450 g/mol. The molecule has 0 atom stereocenters. The topological polar surface area (TPSA) is 59.2 Å². The van der Waals surface area contributed by atoms with Gasteiger partial charge >= 0.3 is 0 Å². The van der Waals surface area contributed by atoms with Crippen molar-refractivity contribution < 1.29 is 9.21 Å². The molecule has 146 valence electrons. The molecule has 4 rings (SSSR count). The molecule has 0 aliphatic heterocycles. The summed E-state index contributed by atoms with van der Waals surface area (Å²) in [5.41, 5.74) is 2.28. The fourth-order valence-electron chi connectivity index (χ4n) is 2.93. The summed E-state index contributed by atoms with van der Waals surface area (Å²) in [5.74, 6) is 1.16. The highest BCUT2D eigenvalue weighted by molar-refractivity contribution is 9.10. The third-order valence-electron chi connectivity index (χ3n) is 4.43. The summed E-state index contributed by atoms with van der Waals surface area (Å²) in [4.78, 5) is 24.9. The van der Waals surface area contributed by atoms with E-state index in [1.165, 1.54) is 0 Å². The molecule has 1 aromatic carbocycles. The third-order valence-corrected chi connectivity index (χ3v) is 5.82. The zero-order valence-corrected chi connectivity index (χ0v) is 18.1. The molecule has 1 amide bonds. The highest BCUT2D eigenvalue weighted by Crippen LogP contribution is 2.27. The molecule has 7 heteroatoms. The monoisotopic (exact) mass is 467 g/mol. The zero-order valence-electron chi connectivity index (χ0n) is 15.7. The second kappa shape index (κ2) is 8.71. The first-order chi connectivity index (χ1) is 14.1. The first kappa shape index (κ1) is 19.5. The van der Waals surface area contributed by atoms with Crippen LogP contribution in [0.1, 0.15) is 17.1 Å². The fraction of sp³-hybridized carbons (Fsp3) is 0.136. The van der Waals surface area contributed by atoms with E-state index in [4.69, 9.17) is 4.42 Å². The third kappa shape index (κ3) is 4.63. The highest BCUT2D eigenvalue weighted by atomic mass is 79.9. The van der Waals surface area contributed by atoms with E-state index < -0.39 is 0 Å². The summed E-state index contributed by atoms with van der Waals surface area (Å²) < 4.78 is 6.75. The van der Waals surface area contributed by atoms with Crippen LogP contribution in [0, 0.1) is 6.92 Å². The van der Waals surface area contributed by atoms with Gasteiger partial charge in [-0.3, -0.25) is 9.78 Å². The number of nitrogens with zero attached hydrogens (tertiary/aromatic N) is 3. The molecule has 0 fully saturated rings. The van der Waals surface area contributed by atoms with Crippen molar-refractivity contribution in [3.63, 3.8) is 0 Å². The lowest BCUT2D eigenvalue weighted by atomic mass is 10.2. The van der Waals surface area contributed by atoms with Gasteiger partial charge in [-0.2, -0.15) is 0 Å². The Kier molecular flexibility index (Phi) is 5.87. The molecule has 0 saturated heterocycles. The number of halogens is 1. The number of amides is 1. The van der Waals surface area contributed by atoms with Crippen molar-refractivity contribution in [2.45, 2.75) is 19.9 Å². The molecular formula is C22H18BrN3O2S. The van der Waals surface area contributed by atoms with Crippen molar-refractivity contribution in [1.82, 2.24) is 9.97 Å². The number of carbonyl (C=O) groups excluding carboxylic acids is 1. The average molecular weight is 468 g/mol. The minimum absolute atomic E-state index is 0.0629. The Morgan fingerprint density at radius 2 is 1.97 bits per heavy atom. The first-order valence-corrected chi connectivity index (χ1v) is 10.7. The van der Waals surface area contributed by atoms with E-state index in [0.717, 1.165) is 20.7 Å². The summed E-state index contributed by atoms with van der Waals surface area (Å²) >= 11 is 5.01. The second-order valence-electron chi connectivity index (χ2n) is 6.45. The molecule has 0 aliphatic rings. The summed E-state index contributed by atoms with van der Waals surface area (Å²) in [6.45, 7) is 2.23. The Hall–Kier alpha value is -2.77. The standard InChI is InChI=1S/C22H18BrN3O2S/c1-15-19(25-22(28-15)20-6-4-12-29-20)13-21(27)26(14-17-5-2-3-11-24-17)18-9-7-16(23)8-10-18/h2-12H,13-14H2,1H3. The summed E-state index contributed by atoms with van der Waals surface area (Å²) in [5, 5.41) is 1.97. The number of hydrogen-bond acceptors (Lipinski definition) is 5. The molecule has 29 heavy (non-hydrogen) atoms. The maximum absolute atomic E-state index is 13.3. The number of thiophene rings is 1. The van der Waals surface area contributed by atoms with Crippen molar-refractivity contribution in [1.29, 1.82) is 0 Å². The van der Waals surface area contributed by atoms with Crippen LogP contribution in [-0.4, -0.2) is 15.9 Å². The average Bonchev–Trinajstić information content (AvgIpc) is 3.38. The van der Waals surface area contributed by atoms with Crippen molar-refractivity contribution in [2.75, 3.05) is 4.90 Å². The summed E-state index contributed by atoms with van der Waals surface area (Å²) in [7, 11) is 0. The van der Waals surface area contributed by atoms with E-state index in [9.17, 15) is 4.79 Å². The highest BCUT2D eigenvalue weighted by Gasteiger charge is 2.21. The summed E-state index contributed by atoms with van der Waals surface area (Å²) in [6.07, 6.45) is 1.89. The van der Waals surface area contributed by atoms with Gasteiger partial charge in [0.15, 0.2) is 0 Å². The Labute approximate surface area is 181 Å². The lowest BCUT2D eigenvalue weighted by Gasteiger charge is -2.22. The van der Waals surface area contributed by atoms with E-state index in [1.54, 1.807) is 22.4 Å². The van der Waals surface area contributed by atoms with Gasteiger partial charge in [-0.15, -0.1) is 11.3 Å². The normalized spacial score (nSPS) is 10.8. The van der Waals surface area contributed by atoms with Gasteiger partial charge in [0.1, 0.15) is 5.76 Å². The molecule has 0 saturated carbocycles. The lowest BCUT2D eigenvalue weighted by Crippen LogP contribution is -2.32. The predicted octanol–water partition coefficient (Wildman–Crippen LogP) is 5.64. The number of pyridine rings is 1. The second-order valence-corrected chi connectivity index (χ2v) is 8.32. The number of anilines is 1. The van der Waals surface area contributed by atoms with E-state index in [-0.39, 0.29) is 12.3 Å². The molecule has 4 aromatic rings. The van der Waals surface area contributed by atoms with Crippen LogP contribution in [0.3, 0.4) is 0 Å². The number of oxazole rings is 1. The van der Waals surface area contributed by atoms with Crippen LogP contribution in [0.15, 0.2) is 75.1 Å². The number of aryl methyl sites for hydroxylation is 1. The predicted molar refractivity (Wildman–Crippen MR) is 118 cm³/mol. The Morgan fingerprint density at radius 3 is 2.66 bits per heavy atom. The molecule has 0 aliphatic carbocycles. The summed E-state index contributed by atoms with van der Waals surface area (Å²) in [6, 6.07) is 17.3. The van der Waals surface area contributed by atoms with Crippen LogP contribution >= 0.6 is 27.3 Å². The number of aromatic nitrogens is 2. The van der Waals surface area contributed by atoms with Gasteiger partial charge in [-0.1, -0.05) is 28.1 Å². The zero-order chi connectivity index (χ0) is 20.2. The van der Waals surface area contributed by atoms with E-state index in [1.807, 2.05) is 66.9 Å². The van der Waals surface area contributed by atoms with Crippen molar-refractivity contribution in [2.24, 2.45) is 0 Å². The molecule has 5 nitrogen and oxygen atoms in total. The minimum Gasteiger partial charge on any atom is -0.440 e. The molecule has 3 heterocycles. The number of hydrogen-bond donors (Lipinski definition) is 0. The Bertz CT molecular complexity index is 1090. The SMILES string of the molecule is Cc1oc(-c2cccs2)nc1CC(=O)N(Cc1ccccn1)c1ccc(Br)cc1. The van der Waals surface area contributed by atoms with E-state index >= 15 is 0 Å². The Morgan fingerprint density at radius 1 is 1.14 bits per heavy atom. The maximum atomic E-state index is 13.3. The quantitative estimate of drug-likeness (QED) is 0.367. The molecule has 0 unspecified atom stereocenters. The van der Waals surface area contributed by atoms with Gasteiger partial charge in [0, 0.05) is 16.4 Å². The smallest absolute Gasteiger partial charge is 0.236 e. The minimum atomic E-state index is -0.0629. The largest absolute Gasteiger partial charge is 0.440 e. The molecule has 0 N–H and O–H groups in total. The van der Waals surface area contributed by atoms with Crippen molar-refractivity contribution >= 4 is 38.9 Å². The van der Waals surface area contributed by atoms with Gasteiger partial charge in [-0.25, -0.2) is 4.98 Å². The lowest BCUT2D eigenvalue weighted by molar-refractivity contribution is -0.118. The van der Waals surface area contributed by atoms with E-state index in [2.05, 4.69) is 25.9 Å². The van der Waals surface area contributed by atoms with Gasteiger partial charge < -0.3 is 9.32 Å². The maximum Gasteiger partial charge on any atom is 0.236 e. The number of carbonyl (C=O) groups is 1.